The van der Waals surface area contributed by atoms with E-state index < -0.39 is 0 Å². The molecule has 20 heavy (non-hydrogen) atoms. The average Bonchev–Trinajstić information content (AvgIpc) is 2.46. The van der Waals surface area contributed by atoms with Crippen LogP contribution in [0.2, 0.25) is 0 Å². The minimum atomic E-state index is 0.157. The molecule has 1 aromatic carbocycles. The Morgan fingerprint density at radius 1 is 1.15 bits per heavy atom. The number of hydrogen-bond donors (Lipinski definition) is 1. The number of nitriles is 2. The molecule has 4 nitrogen and oxygen atoms in total. The number of anilines is 1. The highest BCUT2D eigenvalue weighted by atomic mass is 79.9. The Bertz CT molecular complexity index is 714. The van der Waals surface area contributed by atoms with E-state index in [1.165, 1.54) is 17.8 Å². The van der Waals surface area contributed by atoms with Crippen LogP contribution in [0.3, 0.4) is 0 Å². The molecule has 0 unspecified atom stereocenters. The number of thioether (sulfide) groups is 1. The van der Waals surface area contributed by atoms with Crippen LogP contribution in [0.1, 0.15) is 16.7 Å². The Morgan fingerprint density at radius 3 is 2.40 bits per heavy atom. The van der Waals surface area contributed by atoms with Crippen molar-refractivity contribution in [1.29, 1.82) is 10.5 Å². The molecule has 2 N–H and O–H groups in total. The minimum absolute atomic E-state index is 0.157. The van der Waals surface area contributed by atoms with E-state index in [2.05, 4.69) is 20.9 Å². The molecule has 6 heteroatoms. The van der Waals surface area contributed by atoms with Crippen LogP contribution < -0.4 is 5.73 Å². The van der Waals surface area contributed by atoms with Crippen LogP contribution in [0.5, 0.6) is 0 Å². The summed E-state index contributed by atoms with van der Waals surface area (Å²) in [5.74, 6) is 0.838. The van der Waals surface area contributed by atoms with E-state index in [1.54, 1.807) is 0 Å². The molecule has 1 heterocycles. The maximum absolute atomic E-state index is 9.10. The normalized spacial score (nSPS) is 9.75. The number of nitrogens with zero attached hydrogens (tertiary/aromatic N) is 3. The molecule has 98 valence electrons. The molecule has 0 atom stereocenters. The molecule has 0 radical (unpaired) electrons. The molecule has 1 aromatic heterocycles. The summed E-state index contributed by atoms with van der Waals surface area (Å²) in [6.45, 7) is 0. The second kappa shape index (κ2) is 6.42. The summed E-state index contributed by atoms with van der Waals surface area (Å²) in [4.78, 5) is 4.13. The third kappa shape index (κ3) is 3.30. The maximum Gasteiger partial charge on any atom is 0.142 e. The van der Waals surface area contributed by atoms with Gasteiger partial charge in [0.25, 0.3) is 0 Å². The SMILES string of the molecule is N#Cc1cc(C#N)c(SCc2ccc(Br)cc2)nc1N. The van der Waals surface area contributed by atoms with Gasteiger partial charge in [0.15, 0.2) is 0 Å². The van der Waals surface area contributed by atoms with Crippen molar-refractivity contribution >= 4 is 33.5 Å². The van der Waals surface area contributed by atoms with Gasteiger partial charge >= 0.3 is 0 Å². The number of nitrogens with two attached hydrogens (primary N) is 1. The Balaban J connectivity index is 2.21. The molecule has 0 saturated heterocycles. The van der Waals surface area contributed by atoms with Crippen molar-refractivity contribution in [2.24, 2.45) is 0 Å². The molecular formula is C14H9BrN4S. The quantitative estimate of drug-likeness (QED) is 0.861. The maximum atomic E-state index is 9.10. The van der Waals surface area contributed by atoms with E-state index in [1.807, 2.05) is 36.4 Å². The summed E-state index contributed by atoms with van der Waals surface area (Å²) >= 11 is 4.81. The fourth-order valence-electron chi connectivity index (χ4n) is 1.52. The van der Waals surface area contributed by atoms with Crippen LogP contribution >= 0.6 is 27.7 Å². The van der Waals surface area contributed by atoms with Crippen molar-refractivity contribution in [2.75, 3.05) is 5.73 Å². The van der Waals surface area contributed by atoms with Crippen molar-refractivity contribution in [2.45, 2.75) is 10.8 Å². The first kappa shape index (κ1) is 14.4. The number of nitrogen functional groups attached to an aromatic ring is 1. The first-order chi connectivity index (χ1) is 9.63. The van der Waals surface area contributed by atoms with Gasteiger partial charge in [0, 0.05) is 10.2 Å². The van der Waals surface area contributed by atoms with E-state index >= 15 is 0 Å². The van der Waals surface area contributed by atoms with Crippen molar-refractivity contribution in [1.82, 2.24) is 4.98 Å². The molecular weight excluding hydrogens is 336 g/mol. The van der Waals surface area contributed by atoms with Gasteiger partial charge < -0.3 is 5.73 Å². The summed E-state index contributed by atoms with van der Waals surface area (Å²) in [5, 5.41) is 18.5. The third-order valence-electron chi connectivity index (χ3n) is 2.55. The summed E-state index contributed by atoms with van der Waals surface area (Å²) < 4.78 is 1.02. The third-order valence-corrected chi connectivity index (χ3v) is 4.14. The number of hydrogen-bond acceptors (Lipinski definition) is 5. The second-order valence-electron chi connectivity index (χ2n) is 3.91. The van der Waals surface area contributed by atoms with Gasteiger partial charge in [-0.3, -0.25) is 0 Å². The van der Waals surface area contributed by atoms with Crippen molar-refractivity contribution < 1.29 is 0 Å². The molecule has 0 aliphatic rings. The number of pyridine rings is 1. The Morgan fingerprint density at radius 2 is 1.80 bits per heavy atom. The fraction of sp³-hybridized carbons (Fsp3) is 0.0714. The van der Waals surface area contributed by atoms with Crippen molar-refractivity contribution in [3.8, 4) is 12.1 Å². The van der Waals surface area contributed by atoms with Gasteiger partial charge in [-0.25, -0.2) is 4.98 Å². The Labute approximate surface area is 129 Å². The molecule has 0 amide bonds. The van der Waals surface area contributed by atoms with E-state index in [-0.39, 0.29) is 11.4 Å². The number of benzene rings is 1. The molecule has 0 spiro atoms. The van der Waals surface area contributed by atoms with Gasteiger partial charge in [0.2, 0.25) is 0 Å². The number of halogens is 1. The van der Waals surface area contributed by atoms with Crippen LogP contribution in [0, 0.1) is 22.7 Å². The van der Waals surface area contributed by atoms with Crippen LogP contribution in [0.25, 0.3) is 0 Å². The Hall–Kier alpha value is -2.02. The standard InChI is InChI=1S/C14H9BrN4S/c15-12-3-1-9(2-4-12)8-20-14-11(7-17)5-10(6-16)13(18)19-14/h1-5H,8H2,(H2,18,19). The molecule has 0 aliphatic carbocycles. The zero-order valence-corrected chi connectivity index (χ0v) is 12.7. The molecule has 0 fully saturated rings. The van der Waals surface area contributed by atoms with Gasteiger partial charge in [-0.05, 0) is 23.8 Å². The summed E-state index contributed by atoms with van der Waals surface area (Å²) in [7, 11) is 0. The Kier molecular flexibility index (Phi) is 4.62. The topological polar surface area (TPSA) is 86.5 Å². The zero-order chi connectivity index (χ0) is 14.5. The number of rotatable bonds is 3. The summed E-state index contributed by atoms with van der Waals surface area (Å²) in [5.41, 5.74) is 7.40. The monoisotopic (exact) mass is 344 g/mol. The van der Waals surface area contributed by atoms with Gasteiger partial charge in [0.1, 0.15) is 23.0 Å². The smallest absolute Gasteiger partial charge is 0.142 e. The molecule has 2 rings (SSSR count). The lowest BCUT2D eigenvalue weighted by Crippen LogP contribution is -1.99. The summed E-state index contributed by atoms with van der Waals surface area (Å²) in [6, 6.07) is 13.4. The molecule has 2 aromatic rings. The number of aromatic nitrogens is 1. The van der Waals surface area contributed by atoms with Gasteiger partial charge in [-0.2, -0.15) is 10.5 Å². The predicted octanol–water partition coefficient (Wildman–Crippen LogP) is 3.46. The van der Waals surface area contributed by atoms with Gasteiger partial charge in [-0.15, -0.1) is 11.8 Å². The molecule has 0 saturated carbocycles. The fourth-order valence-corrected chi connectivity index (χ4v) is 2.71. The largest absolute Gasteiger partial charge is 0.383 e. The van der Waals surface area contributed by atoms with Crippen LogP contribution in [-0.4, -0.2) is 4.98 Å². The van der Waals surface area contributed by atoms with E-state index in [4.69, 9.17) is 16.3 Å². The highest BCUT2D eigenvalue weighted by Crippen LogP contribution is 2.27. The zero-order valence-electron chi connectivity index (χ0n) is 10.3. The minimum Gasteiger partial charge on any atom is -0.383 e. The highest BCUT2D eigenvalue weighted by Gasteiger charge is 2.10. The predicted molar refractivity (Wildman–Crippen MR) is 81.8 cm³/mol. The van der Waals surface area contributed by atoms with E-state index in [0.717, 1.165) is 10.0 Å². The van der Waals surface area contributed by atoms with Gasteiger partial charge in [-0.1, -0.05) is 28.1 Å². The lowest BCUT2D eigenvalue weighted by molar-refractivity contribution is 1.11. The second-order valence-corrected chi connectivity index (χ2v) is 5.79. The average molecular weight is 345 g/mol. The van der Waals surface area contributed by atoms with Crippen molar-refractivity contribution in [3.05, 3.63) is 51.5 Å². The lowest BCUT2D eigenvalue weighted by atomic mass is 10.2. The lowest BCUT2D eigenvalue weighted by Gasteiger charge is -2.06. The highest BCUT2D eigenvalue weighted by molar-refractivity contribution is 9.10. The molecule has 0 bridgehead atoms. The van der Waals surface area contributed by atoms with E-state index in [0.29, 0.717) is 16.3 Å². The van der Waals surface area contributed by atoms with Gasteiger partial charge in [0.05, 0.1) is 11.1 Å². The van der Waals surface area contributed by atoms with Crippen LogP contribution in [-0.2, 0) is 5.75 Å². The van der Waals surface area contributed by atoms with Crippen LogP contribution in [0.15, 0.2) is 39.8 Å². The summed E-state index contributed by atoms with van der Waals surface area (Å²) in [6.07, 6.45) is 0. The van der Waals surface area contributed by atoms with Crippen LogP contribution in [0.4, 0.5) is 5.82 Å². The molecule has 0 aliphatic heterocycles. The first-order valence-corrected chi connectivity index (χ1v) is 7.40. The van der Waals surface area contributed by atoms with E-state index in [9.17, 15) is 0 Å². The van der Waals surface area contributed by atoms with Crippen molar-refractivity contribution in [3.63, 3.8) is 0 Å². The first-order valence-electron chi connectivity index (χ1n) is 5.62.